The van der Waals surface area contributed by atoms with Crippen molar-refractivity contribution in [3.05, 3.63) is 74.8 Å². The number of hydrogen-bond acceptors (Lipinski definition) is 3. The summed E-state index contributed by atoms with van der Waals surface area (Å²) in [4.78, 5) is 10.5. The molecule has 4 nitrogen and oxygen atoms in total. The summed E-state index contributed by atoms with van der Waals surface area (Å²) in [7, 11) is 0. The zero-order valence-corrected chi connectivity index (χ0v) is 10.9. The Labute approximate surface area is 116 Å². The van der Waals surface area contributed by atoms with Crippen molar-refractivity contribution < 1.29 is 4.92 Å². The average Bonchev–Trinajstić information content (AvgIpc) is 2.39. The van der Waals surface area contributed by atoms with Crippen LogP contribution in [0.3, 0.4) is 0 Å². The third-order valence-electron chi connectivity index (χ3n) is 2.93. The first kappa shape index (κ1) is 13.5. The SMILES string of the molecule is NC(Cc1ccccc1[N+](=O)[O-])c1ccc(Cl)cc1. The van der Waals surface area contributed by atoms with Crippen molar-refractivity contribution in [1.82, 2.24) is 0 Å². The van der Waals surface area contributed by atoms with E-state index in [1.807, 2.05) is 12.1 Å². The van der Waals surface area contributed by atoms with Crippen LogP contribution in [0.5, 0.6) is 0 Å². The van der Waals surface area contributed by atoms with Crippen LogP contribution >= 0.6 is 11.6 Å². The maximum absolute atomic E-state index is 10.9. The van der Waals surface area contributed by atoms with Gasteiger partial charge >= 0.3 is 0 Å². The second-order valence-corrected chi connectivity index (χ2v) is 4.68. The first-order valence-electron chi connectivity index (χ1n) is 5.81. The Kier molecular flexibility index (Phi) is 4.14. The topological polar surface area (TPSA) is 69.2 Å². The largest absolute Gasteiger partial charge is 0.324 e. The van der Waals surface area contributed by atoms with Crippen molar-refractivity contribution in [1.29, 1.82) is 0 Å². The monoisotopic (exact) mass is 276 g/mol. The predicted molar refractivity (Wildman–Crippen MR) is 75.2 cm³/mol. The van der Waals surface area contributed by atoms with Gasteiger partial charge in [-0.15, -0.1) is 0 Å². The molecule has 0 heterocycles. The summed E-state index contributed by atoms with van der Waals surface area (Å²) in [6.07, 6.45) is 0.415. The smallest absolute Gasteiger partial charge is 0.272 e. The highest BCUT2D eigenvalue weighted by molar-refractivity contribution is 6.30. The van der Waals surface area contributed by atoms with Gasteiger partial charge in [-0.2, -0.15) is 0 Å². The highest BCUT2D eigenvalue weighted by atomic mass is 35.5. The van der Waals surface area contributed by atoms with Crippen molar-refractivity contribution in [3.63, 3.8) is 0 Å². The van der Waals surface area contributed by atoms with Gasteiger partial charge in [-0.1, -0.05) is 41.9 Å². The minimum Gasteiger partial charge on any atom is -0.324 e. The van der Waals surface area contributed by atoms with E-state index in [1.165, 1.54) is 6.07 Å². The standard InChI is InChI=1S/C14H13ClN2O2/c15-12-7-5-10(6-8-12)13(16)9-11-3-1-2-4-14(11)17(18)19/h1-8,13H,9,16H2. The number of nitro benzene ring substituents is 1. The van der Waals surface area contributed by atoms with E-state index < -0.39 is 0 Å². The molecule has 0 saturated heterocycles. The fourth-order valence-electron chi connectivity index (χ4n) is 1.93. The molecule has 0 radical (unpaired) electrons. The van der Waals surface area contributed by atoms with Gasteiger partial charge in [0.25, 0.3) is 5.69 Å². The van der Waals surface area contributed by atoms with E-state index in [9.17, 15) is 10.1 Å². The summed E-state index contributed by atoms with van der Waals surface area (Å²) in [5.41, 5.74) is 7.72. The molecule has 2 N–H and O–H groups in total. The van der Waals surface area contributed by atoms with Crippen molar-refractivity contribution in [2.75, 3.05) is 0 Å². The van der Waals surface area contributed by atoms with Crippen LogP contribution in [0.2, 0.25) is 5.02 Å². The summed E-state index contributed by atoms with van der Waals surface area (Å²) >= 11 is 5.81. The highest BCUT2D eigenvalue weighted by Crippen LogP contribution is 2.24. The van der Waals surface area contributed by atoms with Crippen molar-refractivity contribution in [2.45, 2.75) is 12.5 Å². The molecule has 0 aliphatic carbocycles. The van der Waals surface area contributed by atoms with Crippen molar-refractivity contribution >= 4 is 17.3 Å². The van der Waals surface area contributed by atoms with Crippen molar-refractivity contribution in [3.8, 4) is 0 Å². The Morgan fingerprint density at radius 3 is 2.42 bits per heavy atom. The lowest BCUT2D eigenvalue weighted by atomic mass is 9.99. The van der Waals surface area contributed by atoms with Gasteiger partial charge in [0.05, 0.1) is 4.92 Å². The lowest BCUT2D eigenvalue weighted by molar-refractivity contribution is -0.385. The molecule has 19 heavy (non-hydrogen) atoms. The Bertz CT molecular complexity index is 584. The van der Waals surface area contributed by atoms with E-state index >= 15 is 0 Å². The number of para-hydroxylation sites is 1. The van der Waals surface area contributed by atoms with E-state index in [0.29, 0.717) is 17.0 Å². The normalized spacial score (nSPS) is 12.1. The Morgan fingerprint density at radius 1 is 1.16 bits per heavy atom. The number of hydrogen-bond donors (Lipinski definition) is 1. The number of benzene rings is 2. The maximum Gasteiger partial charge on any atom is 0.272 e. The van der Waals surface area contributed by atoms with Crippen LogP contribution in [0, 0.1) is 10.1 Å². The zero-order chi connectivity index (χ0) is 13.8. The quantitative estimate of drug-likeness (QED) is 0.686. The third-order valence-corrected chi connectivity index (χ3v) is 3.18. The van der Waals surface area contributed by atoms with E-state index in [2.05, 4.69) is 0 Å². The molecular formula is C14H13ClN2O2. The van der Waals surface area contributed by atoms with Gasteiger partial charge in [0.2, 0.25) is 0 Å². The van der Waals surface area contributed by atoms with Gasteiger partial charge in [0.15, 0.2) is 0 Å². The highest BCUT2D eigenvalue weighted by Gasteiger charge is 2.16. The number of rotatable bonds is 4. The molecule has 1 atom stereocenters. The lowest BCUT2D eigenvalue weighted by Gasteiger charge is -2.12. The second kappa shape index (κ2) is 5.82. The van der Waals surface area contributed by atoms with Gasteiger partial charge in [0.1, 0.15) is 0 Å². The van der Waals surface area contributed by atoms with Gasteiger partial charge < -0.3 is 5.73 Å². The van der Waals surface area contributed by atoms with Gasteiger partial charge in [-0.25, -0.2) is 0 Å². The molecule has 5 heteroatoms. The van der Waals surface area contributed by atoms with Crippen molar-refractivity contribution in [2.24, 2.45) is 5.73 Å². The Morgan fingerprint density at radius 2 is 1.79 bits per heavy atom. The first-order chi connectivity index (χ1) is 9.08. The average molecular weight is 277 g/mol. The van der Waals surface area contributed by atoms with Crippen LogP contribution in [-0.4, -0.2) is 4.92 Å². The van der Waals surface area contributed by atoms with Gasteiger partial charge in [-0.05, 0) is 24.1 Å². The van der Waals surface area contributed by atoms with E-state index in [4.69, 9.17) is 17.3 Å². The predicted octanol–water partition coefficient (Wildman–Crippen LogP) is 3.49. The van der Waals surface area contributed by atoms with E-state index in [1.54, 1.807) is 30.3 Å². The number of nitro groups is 1. The Hall–Kier alpha value is -1.91. The molecule has 0 fully saturated rings. The van der Waals surface area contributed by atoms with E-state index in [-0.39, 0.29) is 16.7 Å². The lowest BCUT2D eigenvalue weighted by Crippen LogP contribution is -2.14. The fourth-order valence-corrected chi connectivity index (χ4v) is 2.05. The molecule has 2 rings (SSSR count). The molecule has 2 aromatic rings. The third kappa shape index (κ3) is 3.30. The number of nitrogens with zero attached hydrogens (tertiary/aromatic N) is 1. The minimum atomic E-state index is -0.385. The Balaban J connectivity index is 2.21. The van der Waals surface area contributed by atoms with Crippen LogP contribution in [-0.2, 0) is 6.42 Å². The van der Waals surface area contributed by atoms with Crippen LogP contribution in [0.25, 0.3) is 0 Å². The van der Waals surface area contributed by atoms with Crippen LogP contribution in [0.4, 0.5) is 5.69 Å². The molecular weight excluding hydrogens is 264 g/mol. The molecule has 0 spiro atoms. The fraction of sp³-hybridized carbons (Fsp3) is 0.143. The first-order valence-corrected chi connectivity index (χ1v) is 6.19. The minimum absolute atomic E-state index is 0.104. The molecule has 0 aromatic heterocycles. The van der Waals surface area contributed by atoms with Crippen LogP contribution in [0.15, 0.2) is 48.5 Å². The van der Waals surface area contributed by atoms with E-state index in [0.717, 1.165) is 5.56 Å². The van der Waals surface area contributed by atoms with Gasteiger partial charge in [0, 0.05) is 22.7 Å². The molecule has 0 amide bonds. The summed E-state index contributed by atoms with van der Waals surface area (Å²) in [6.45, 7) is 0. The van der Waals surface area contributed by atoms with Crippen LogP contribution < -0.4 is 5.73 Å². The van der Waals surface area contributed by atoms with Gasteiger partial charge in [-0.3, -0.25) is 10.1 Å². The molecule has 2 aromatic carbocycles. The van der Waals surface area contributed by atoms with Crippen LogP contribution in [0.1, 0.15) is 17.2 Å². The number of nitrogens with two attached hydrogens (primary N) is 1. The number of halogens is 1. The summed E-state index contributed by atoms with van der Waals surface area (Å²) in [5.74, 6) is 0. The molecule has 0 saturated carbocycles. The summed E-state index contributed by atoms with van der Waals surface area (Å²) in [5, 5.41) is 11.6. The molecule has 1 unspecified atom stereocenters. The molecule has 0 aliphatic rings. The zero-order valence-electron chi connectivity index (χ0n) is 10.1. The molecule has 0 bridgehead atoms. The summed E-state index contributed by atoms with van der Waals surface area (Å²) < 4.78 is 0. The molecule has 0 aliphatic heterocycles. The molecule has 98 valence electrons. The summed E-state index contributed by atoms with van der Waals surface area (Å²) in [6, 6.07) is 13.5. The second-order valence-electron chi connectivity index (χ2n) is 4.25. The maximum atomic E-state index is 10.9.